The van der Waals surface area contributed by atoms with E-state index in [9.17, 15) is 9.59 Å². The zero-order valence-corrected chi connectivity index (χ0v) is 15.0. The molecule has 1 aliphatic heterocycles. The Morgan fingerprint density at radius 2 is 2.04 bits per heavy atom. The van der Waals surface area contributed by atoms with Crippen molar-refractivity contribution in [3.05, 3.63) is 65.9 Å². The molecule has 9 nitrogen and oxygen atoms in total. The van der Waals surface area contributed by atoms with Crippen LogP contribution in [0.15, 0.2) is 48.7 Å². The van der Waals surface area contributed by atoms with Gasteiger partial charge in [0.2, 0.25) is 5.82 Å². The van der Waals surface area contributed by atoms with Crippen LogP contribution in [-0.4, -0.2) is 44.1 Å². The first-order valence-electron chi connectivity index (χ1n) is 8.79. The van der Waals surface area contributed by atoms with E-state index in [4.69, 9.17) is 4.74 Å². The summed E-state index contributed by atoms with van der Waals surface area (Å²) in [5.41, 5.74) is 1.04. The predicted octanol–water partition coefficient (Wildman–Crippen LogP) is 1.31. The van der Waals surface area contributed by atoms with Crippen LogP contribution < -0.4 is 15.4 Å². The summed E-state index contributed by atoms with van der Waals surface area (Å²) in [5, 5.41) is 12.0. The van der Waals surface area contributed by atoms with Gasteiger partial charge in [0.15, 0.2) is 11.6 Å². The minimum atomic E-state index is -0.919. The Hall–Kier alpha value is -3.75. The van der Waals surface area contributed by atoms with Crippen molar-refractivity contribution >= 4 is 17.6 Å². The molecule has 1 aliphatic rings. The van der Waals surface area contributed by atoms with E-state index in [2.05, 4.69) is 30.8 Å². The summed E-state index contributed by atoms with van der Waals surface area (Å²) in [6.07, 6.45) is 1.47. The summed E-state index contributed by atoms with van der Waals surface area (Å²) in [7, 11) is 0. The van der Waals surface area contributed by atoms with Crippen LogP contribution in [0.3, 0.4) is 0 Å². The zero-order chi connectivity index (χ0) is 19.5. The lowest BCUT2D eigenvalue weighted by atomic mass is 10.1. The van der Waals surface area contributed by atoms with Crippen molar-refractivity contribution in [3.8, 4) is 5.75 Å². The Bertz CT molecular complexity index is 1000. The maximum atomic E-state index is 12.5. The van der Waals surface area contributed by atoms with Gasteiger partial charge in [0.25, 0.3) is 11.8 Å². The first-order valence-corrected chi connectivity index (χ1v) is 8.79. The van der Waals surface area contributed by atoms with Gasteiger partial charge >= 0.3 is 0 Å². The molecule has 28 heavy (non-hydrogen) atoms. The molecule has 4 rings (SSSR count). The molecule has 0 radical (unpaired) electrons. The quantitative estimate of drug-likeness (QED) is 0.629. The number of ether oxygens (including phenoxy) is 1. The summed E-state index contributed by atoms with van der Waals surface area (Å²) in [6.45, 7) is 1.70. The van der Waals surface area contributed by atoms with E-state index in [0.29, 0.717) is 23.8 Å². The summed E-state index contributed by atoms with van der Waals surface area (Å²) in [4.78, 5) is 33.4. The molecule has 2 aromatic heterocycles. The highest BCUT2D eigenvalue weighted by Gasteiger charge is 2.33. The van der Waals surface area contributed by atoms with E-state index in [1.165, 1.54) is 0 Å². The Morgan fingerprint density at radius 1 is 1.21 bits per heavy atom. The Labute approximate surface area is 160 Å². The fourth-order valence-corrected chi connectivity index (χ4v) is 2.91. The number of hydrogen-bond donors (Lipinski definition) is 3. The molecule has 1 aromatic carbocycles. The van der Waals surface area contributed by atoms with E-state index >= 15 is 0 Å². The lowest BCUT2D eigenvalue weighted by molar-refractivity contribution is -0.119. The van der Waals surface area contributed by atoms with Crippen LogP contribution in [0.4, 0.5) is 5.82 Å². The molecule has 3 aromatic rings. The van der Waals surface area contributed by atoms with E-state index in [1.807, 2.05) is 30.3 Å². The highest BCUT2D eigenvalue weighted by atomic mass is 16.5. The second kappa shape index (κ2) is 7.47. The van der Waals surface area contributed by atoms with Gasteiger partial charge in [0, 0.05) is 12.6 Å². The van der Waals surface area contributed by atoms with Crippen molar-refractivity contribution in [1.29, 1.82) is 0 Å². The molecular formula is C19H18N6O3. The number of carbonyl (C=O) groups excluding carboxylic acids is 2. The topological polar surface area (TPSA) is 122 Å². The first kappa shape index (κ1) is 17.7. The monoisotopic (exact) mass is 378 g/mol. The van der Waals surface area contributed by atoms with Gasteiger partial charge in [-0.15, -0.1) is 5.10 Å². The molecule has 142 valence electrons. The molecule has 0 spiro atoms. The van der Waals surface area contributed by atoms with Crippen LogP contribution in [-0.2, 0) is 11.2 Å². The second-order valence-corrected chi connectivity index (χ2v) is 6.38. The summed E-state index contributed by atoms with van der Waals surface area (Å²) in [5.74, 6) is 0.305. The van der Waals surface area contributed by atoms with Gasteiger partial charge in [-0.1, -0.05) is 30.3 Å². The number of rotatable bonds is 4. The molecule has 2 amide bonds. The van der Waals surface area contributed by atoms with E-state index in [0.717, 1.165) is 5.56 Å². The number of nitrogens with one attached hydrogen (secondary N) is 3. The molecule has 3 N–H and O–H groups in total. The molecule has 2 unspecified atom stereocenters. The molecular weight excluding hydrogens is 360 g/mol. The Kier molecular flexibility index (Phi) is 4.71. The SMILES string of the molecule is CC1Oc2cccnc2NC(=O)C1NC(=O)c1n[nH]c(Cc2ccccc2)n1. The number of hydrogen-bond acceptors (Lipinski definition) is 6. The average Bonchev–Trinajstić information content (AvgIpc) is 3.12. The maximum Gasteiger partial charge on any atom is 0.291 e. The van der Waals surface area contributed by atoms with Crippen molar-refractivity contribution in [2.24, 2.45) is 0 Å². The van der Waals surface area contributed by atoms with Crippen molar-refractivity contribution in [1.82, 2.24) is 25.5 Å². The fraction of sp³-hybridized carbons (Fsp3) is 0.211. The normalized spacial score (nSPS) is 18.4. The van der Waals surface area contributed by atoms with Crippen LogP contribution >= 0.6 is 0 Å². The summed E-state index contributed by atoms with van der Waals surface area (Å²) < 4.78 is 5.75. The smallest absolute Gasteiger partial charge is 0.291 e. The lowest BCUT2D eigenvalue weighted by Crippen LogP contribution is -2.51. The van der Waals surface area contributed by atoms with Crippen molar-refractivity contribution in [2.45, 2.75) is 25.5 Å². The Balaban J connectivity index is 1.45. The zero-order valence-electron chi connectivity index (χ0n) is 15.0. The number of pyridine rings is 1. The van der Waals surface area contributed by atoms with Crippen molar-refractivity contribution in [2.75, 3.05) is 5.32 Å². The van der Waals surface area contributed by atoms with Gasteiger partial charge in [-0.05, 0) is 24.6 Å². The van der Waals surface area contributed by atoms with Crippen LogP contribution in [0.1, 0.15) is 28.9 Å². The third kappa shape index (κ3) is 3.68. The fourth-order valence-electron chi connectivity index (χ4n) is 2.91. The number of benzene rings is 1. The van der Waals surface area contributed by atoms with Gasteiger partial charge in [-0.2, -0.15) is 0 Å². The molecule has 0 aliphatic carbocycles. The predicted molar refractivity (Wildman–Crippen MR) is 99.8 cm³/mol. The molecule has 9 heteroatoms. The third-order valence-corrected chi connectivity index (χ3v) is 4.31. The largest absolute Gasteiger partial charge is 0.484 e. The van der Waals surface area contributed by atoms with Gasteiger partial charge in [-0.3, -0.25) is 14.7 Å². The van der Waals surface area contributed by atoms with Crippen LogP contribution in [0.25, 0.3) is 0 Å². The van der Waals surface area contributed by atoms with Crippen LogP contribution in [0.5, 0.6) is 5.75 Å². The molecule has 2 atom stereocenters. The summed E-state index contributed by atoms with van der Waals surface area (Å²) >= 11 is 0. The molecule has 3 heterocycles. The van der Waals surface area contributed by atoms with Crippen molar-refractivity contribution < 1.29 is 14.3 Å². The minimum absolute atomic E-state index is 0.0363. The third-order valence-electron chi connectivity index (χ3n) is 4.31. The number of fused-ring (bicyclic) bond motifs is 1. The van der Waals surface area contributed by atoms with E-state index < -0.39 is 24.0 Å². The maximum absolute atomic E-state index is 12.5. The number of aromatic amines is 1. The summed E-state index contributed by atoms with van der Waals surface area (Å²) in [6, 6.07) is 12.2. The average molecular weight is 378 g/mol. The highest BCUT2D eigenvalue weighted by molar-refractivity contribution is 6.00. The number of aromatic nitrogens is 4. The van der Waals surface area contributed by atoms with Gasteiger partial charge in [-0.25, -0.2) is 9.97 Å². The molecule has 0 saturated heterocycles. The molecule has 0 saturated carbocycles. The lowest BCUT2D eigenvalue weighted by Gasteiger charge is -2.20. The van der Waals surface area contributed by atoms with Gasteiger partial charge < -0.3 is 15.4 Å². The number of amides is 2. The van der Waals surface area contributed by atoms with Crippen molar-refractivity contribution in [3.63, 3.8) is 0 Å². The van der Waals surface area contributed by atoms with E-state index in [-0.39, 0.29) is 5.82 Å². The van der Waals surface area contributed by atoms with Crippen LogP contribution in [0, 0.1) is 0 Å². The Morgan fingerprint density at radius 3 is 2.86 bits per heavy atom. The standard InChI is InChI=1S/C19H18N6O3/c1-11-15(18(26)23-16-13(28-11)8-5-9-20-16)22-19(27)17-21-14(24-25-17)10-12-6-3-2-4-7-12/h2-9,11,15H,10H2,1H3,(H,22,27)(H,20,23,26)(H,21,24,25). The number of anilines is 1. The number of carbonyl (C=O) groups is 2. The minimum Gasteiger partial charge on any atom is -0.484 e. The first-order chi connectivity index (χ1) is 13.6. The highest BCUT2D eigenvalue weighted by Crippen LogP contribution is 2.26. The van der Waals surface area contributed by atoms with Crippen LogP contribution in [0.2, 0.25) is 0 Å². The molecule has 0 fully saturated rings. The van der Waals surface area contributed by atoms with E-state index in [1.54, 1.807) is 25.3 Å². The second-order valence-electron chi connectivity index (χ2n) is 6.38. The number of nitrogens with zero attached hydrogens (tertiary/aromatic N) is 3. The van der Waals surface area contributed by atoms with Gasteiger partial charge in [0.1, 0.15) is 18.0 Å². The number of H-pyrrole nitrogens is 1. The molecule has 0 bridgehead atoms. The van der Waals surface area contributed by atoms with Gasteiger partial charge in [0.05, 0.1) is 0 Å².